The minimum Gasteiger partial charge on any atom is -0.431 e. The second-order valence-electron chi connectivity index (χ2n) is 1.89. The first kappa shape index (κ1) is 8.88. The summed E-state index contributed by atoms with van der Waals surface area (Å²) in [5.74, 6) is -0.773. The Kier molecular flexibility index (Phi) is 3.39. The Hall–Kier alpha value is -1.12. The Morgan fingerprint density at radius 3 is 2.30 bits per heavy atom. The molecule has 10 heavy (non-hydrogen) atoms. The van der Waals surface area contributed by atoms with E-state index in [1.165, 1.54) is 6.92 Å². The van der Waals surface area contributed by atoms with Crippen LogP contribution in [0, 0.1) is 6.92 Å². The Morgan fingerprint density at radius 2 is 2.00 bits per heavy atom. The molecule has 0 aromatic carbocycles. The maximum atomic E-state index is 10.5. The normalized spacial score (nSPS) is 8.60. The van der Waals surface area contributed by atoms with Crippen LogP contribution >= 0.6 is 0 Å². The van der Waals surface area contributed by atoms with Gasteiger partial charge in [0.25, 0.3) is 0 Å². The standard InChI is InChI=1S/C7H9O3/c1-5(2)10-7(9)4-6(3)8/h1-2,4H2,3H3. The third-order valence-electron chi connectivity index (χ3n) is 0.651. The van der Waals surface area contributed by atoms with Crippen LogP contribution in [-0.2, 0) is 14.3 Å². The molecule has 0 bridgehead atoms. The zero-order valence-electron chi connectivity index (χ0n) is 5.85. The average molecular weight is 141 g/mol. The Labute approximate surface area is 59.7 Å². The topological polar surface area (TPSA) is 43.4 Å². The van der Waals surface area contributed by atoms with Crippen molar-refractivity contribution in [2.24, 2.45) is 0 Å². The first-order chi connectivity index (χ1) is 4.52. The highest BCUT2D eigenvalue weighted by Gasteiger charge is 2.05. The maximum Gasteiger partial charge on any atom is 0.318 e. The number of hydrogen-bond acceptors (Lipinski definition) is 3. The van der Waals surface area contributed by atoms with E-state index in [2.05, 4.69) is 18.2 Å². The molecule has 0 aliphatic heterocycles. The summed E-state index contributed by atoms with van der Waals surface area (Å²) in [4.78, 5) is 20.8. The van der Waals surface area contributed by atoms with E-state index >= 15 is 0 Å². The summed E-state index contributed by atoms with van der Waals surface area (Å²) in [5.41, 5.74) is 0. The fraction of sp³-hybridized carbons (Fsp3) is 0.286. The molecule has 0 aliphatic rings. The van der Waals surface area contributed by atoms with Crippen molar-refractivity contribution in [1.82, 2.24) is 0 Å². The van der Waals surface area contributed by atoms with Gasteiger partial charge in [-0.15, -0.1) is 0 Å². The van der Waals surface area contributed by atoms with Gasteiger partial charge in [0.05, 0.1) is 0 Å². The van der Waals surface area contributed by atoms with E-state index in [4.69, 9.17) is 0 Å². The molecular weight excluding hydrogens is 132 g/mol. The first-order valence-electron chi connectivity index (χ1n) is 2.73. The maximum absolute atomic E-state index is 10.5. The minimum absolute atomic E-state index is 0.0613. The molecule has 3 nitrogen and oxygen atoms in total. The van der Waals surface area contributed by atoms with E-state index in [1.807, 2.05) is 0 Å². The van der Waals surface area contributed by atoms with Crippen LogP contribution in [0.4, 0.5) is 0 Å². The third-order valence-corrected chi connectivity index (χ3v) is 0.651. The molecule has 3 heteroatoms. The summed E-state index contributed by atoms with van der Waals surface area (Å²) in [7, 11) is 0. The number of allylic oxidation sites excluding steroid dienone is 1. The van der Waals surface area contributed by atoms with Crippen LogP contribution in [0.2, 0.25) is 0 Å². The molecule has 0 unspecified atom stereocenters. The van der Waals surface area contributed by atoms with Crippen molar-refractivity contribution >= 4 is 11.8 Å². The number of rotatable bonds is 3. The fourth-order valence-electron chi connectivity index (χ4n) is 0.400. The van der Waals surface area contributed by atoms with Crippen molar-refractivity contribution in [3.8, 4) is 0 Å². The van der Waals surface area contributed by atoms with E-state index in [-0.39, 0.29) is 18.0 Å². The second-order valence-corrected chi connectivity index (χ2v) is 1.89. The van der Waals surface area contributed by atoms with Gasteiger partial charge in [0.2, 0.25) is 0 Å². The molecule has 0 heterocycles. The highest BCUT2D eigenvalue weighted by molar-refractivity contribution is 5.94. The van der Waals surface area contributed by atoms with Crippen LogP contribution in [-0.4, -0.2) is 11.8 Å². The number of esters is 1. The number of ketones is 1. The first-order valence-corrected chi connectivity index (χ1v) is 2.73. The number of hydrogen-bond donors (Lipinski definition) is 0. The molecule has 0 saturated heterocycles. The molecule has 0 fully saturated rings. The smallest absolute Gasteiger partial charge is 0.318 e. The Bertz CT molecular complexity index is 152. The van der Waals surface area contributed by atoms with Gasteiger partial charge in [-0.05, 0) is 6.92 Å². The molecule has 0 N–H and O–H groups in total. The summed E-state index contributed by atoms with van der Waals surface area (Å²) in [6, 6.07) is 0. The molecule has 0 saturated carbocycles. The van der Waals surface area contributed by atoms with Crippen LogP contribution in [0.5, 0.6) is 0 Å². The predicted molar refractivity (Wildman–Crippen MR) is 35.9 cm³/mol. The third kappa shape index (κ3) is 5.03. The Balaban J connectivity index is 3.65. The summed E-state index contributed by atoms with van der Waals surface area (Å²) < 4.78 is 4.40. The van der Waals surface area contributed by atoms with Crippen LogP contribution in [0.15, 0.2) is 12.3 Å². The van der Waals surface area contributed by atoms with Gasteiger partial charge in [0.1, 0.15) is 18.0 Å². The van der Waals surface area contributed by atoms with E-state index in [0.29, 0.717) is 0 Å². The predicted octanol–water partition coefficient (Wildman–Crippen LogP) is 0.856. The van der Waals surface area contributed by atoms with Crippen molar-refractivity contribution in [1.29, 1.82) is 0 Å². The van der Waals surface area contributed by atoms with Gasteiger partial charge < -0.3 is 4.74 Å². The van der Waals surface area contributed by atoms with Gasteiger partial charge in [-0.3, -0.25) is 9.59 Å². The molecule has 0 rings (SSSR count). The Morgan fingerprint density at radius 1 is 1.50 bits per heavy atom. The molecule has 0 atom stereocenters. The summed E-state index contributed by atoms with van der Waals surface area (Å²) in [6.07, 6.45) is -0.214. The molecule has 0 aromatic rings. The molecule has 0 spiro atoms. The van der Waals surface area contributed by atoms with Crippen LogP contribution in [0.1, 0.15) is 13.3 Å². The number of Topliss-reactive ketones (excluding diaryl/α,β-unsaturated/α-hetero) is 1. The van der Waals surface area contributed by atoms with Crippen molar-refractivity contribution in [3.63, 3.8) is 0 Å². The van der Waals surface area contributed by atoms with Crippen molar-refractivity contribution in [2.75, 3.05) is 0 Å². The average Bonchev–Trinajstić information content (AvgIpc) is 1.58. The van der Waals surface area contributed by atoms with E-state index in [1.54, 1.807) is 0 Å². The zero-order valence-corrected chi connectivity index (χ0v) is 5.85. The van der Waals surface area contributed by atoms with Crippen LogP contribution < -0.4 is 0 Å². The molecule has 1 radical (unpaired) electrons. The molecule has 0 aliphatic carbocycles. The minimum atomic E-state index is -0.604. The lowest BCUT2D eigenvalue weighted by molar-refractivity contribution is -0.141. The van der Waals surface area contributed by atoms with Crippen LogP contribution in [0.3, 0.4) is 0 Å². The zero-order chi connectivity index (χ0) is 8.15. The molecular formula is C7H9O3. The highest BCUT2D eigenvalue weighted by Crippen LogP contribution is 1.94. The lowest BCUT2D eigenvalue weighted by Crippen LogP contribution is -2.06. The fourth-order valence-corrected chi connectivity index (χ4v) is 0.400. The molecule has 0 amide bonds. The van der Waals surface area contributed by atoms with Crippen molar-refractivity contribution in [3.05, 3.63) is 19.3 Å². The number of carbonyl (C=O) groups excluding carboxylic acids is 2. The summed E-state index contributed by atoms with van der Waals surface area (Å²) >= 11 is 0. The summed E-state index contributed by atoms with van der Waals surface area (Å²) in [6.45, 7) is 7.79. The monoisotopic (exact) mass is 141 g/mol. The largest absolute Gasteiger partial charge is 0.431 e. The number of ether oxygens (including phenoxy) is 1. The van der Waals surface area contributed by atoms with Crippen molar-refractivity contribution < 1.29 is 14.3 Å². The quantitative estimate of drug-likeness (QED) is 0.332. The van der Waals surface area contributed by atoms with Gasteiger partial charge in [0.15, 0.2) is 0 Å². The molecule has 0 aromatic heterocycles. The highest BCUT2D eigenvalue weighted by atomic mass is 16.5. The SMILES string of the molecule is [CH2]C(=C)OC(=O)CC(C)=O. The van der Waals surface area contributed by atoms with E-state index in [9.17, 15) is 9.59 Å². The van der Waals surface area contributed by atoms with Gasteiger partial charge >= 0.3 is 5.97 Å². The van der Waals surface area contributed by atoms with Crippen LogP contribution in [0.25, 0.3) is 0 Å². The van der Waals surface area contributed by atoms with Gasteiger partial charge in [-0.1, -0.05) is 6.58 Å². The number of carbonyl (C=O) groups is 2. The van der Waals surface area contributed by atoms with Crippen molar-refractivity contribution in [2.45, 2.75) is 13.3 Å². The van der Waals surface area contributed by atoms with Gasteiger partial charge in [-0.25, -0.2) is 0 Å². The summed E-state index contributed by atoms with van der Waals surface area (Å²) in [5, 5.41) is 0. The van der Waals surface area contributed by atoms with Gasteiger partial charge in [-0.2, -0.15) is 0 Å². The lowest BCUT2D eigenvalue weighted by atomic mass is 10.3. The van der Waals surface area contributed by atoms with E-state index in [0.717, 1.165) is 0 Å². The van der Waals surface area contributed by atoms with E-state index < -0.39 is 5.97 Å². The van der Waals surface area contributed by atoms with Gasteiger partial charge in [0, 0.05) is 6.92 Å². The molecule has 55 valence electrons. The lowest BCUT2D eigenvalue weighted by Gasteiger charge is -1.98. The second kappa shape index (κ2) is 3.82.